The van der Waals surface area contributed by atoms with Crippen molar-refractivity contribution in [3.05, 3.63) is 35.9 Å². The van der Waals surface area contributed by atoms with E-state index >= 15 is 0 Å². The summed E-state index contributed by atoms with van der Waals surface area (Å²) in [4.78, 5) is 33.5. The first-order valence-electron chi connectivity index (χ1n) is 5.91. The van der Waals surface area contributed by atoms with Gasteiger partial charge in [0.1, 0.15) is 11.9 Å². The Bertz CT molecular complexity index is 479. The number of amides is 2. The van der Waals surface area contributed by atoms with Gasteiger partial charge in [0, 0.05) is 6.42 Å². The van der Waals surface area contributed by atoms with Crippen LogP contribution in [-0.4, -0.2) is 41.4 Å². The molecule has 1 aromatic rings. The molecule has 0 heterocycles. The minimum Gasteiger partial charge on any atom is -0.480 e. The number of benzene rings is 1. The maximum atomic E-state index is 11.5. The maximum absolute atomic E-state index is 11.5. The van der Waals surface area contributed by atoms with E-state index in [1.807, 2.05) is 6.07 Å². The smallest absolute Gasteiger partial charge is 0.326 e. The quantitative estimate of drug-likeness (QED) is 0.625. The third-order valence-corrected chi connectivity index (χ3v) is 2.73. The van der Waals surface area contributed by atoms with Crippen molar-refractivity contribution < 1.29 is 19.5 Å². The lowest BCUT2D eigenvalue weighted by Gasteiger charge is -2.14. The molecule has 7 heteroatoms. The largest absolute Gasteiger partial charge is 0.480 e. The molecule has 0 bridgehead atoms. The average molecular weight is 299 g/mol. The zero-order chi connectivity index (χ0) is 15.0. The average Bonchev–Trinajstić information content (AvgIpc) is 2.45. The van der Waals surface area contributed by atoms with Gasteiger partial charge in [-0.05, 0) is 5.56 Å². The van der Waals surface area contributed by atoms with Crippen LogP contribution in [0.4, 0.5) is 0 Å². The lowest BCUT2D eigenvalue weighted by Crippen LogP contribution is -2.46. The van der Waals surface area contributed by atoms with Crippen molar-refractivity contribution in [2.45, 2.75) is 12.5 Å². The predicted octanol–water partition coefficient (Wildman–Crippen LogP) is 0.153. The zero-order valence-electron chi connectivity index (χ0n) is 10.6. The number of carboxylic acids is 1. The SMILES string of the molecule is O=C(CCl)NCC(=O)N[C@@H](Cc1ccccc1)C(=O)O. The van der Waals surface area contributed by atoms with Gasteiger partial charge in [-0.2, -0.15) is 0 Å². The Labute approximate surface area is 121 Å². The van der Waals surface area contributed by atoms with Crippen molar-refractivity contribution >= 4 is 29.4 Å². The first-order valence-corrected chi connectivity index (χ1v) is 6.45. The summed E-state index contributed by atoms with van der Waals surface area (Å²) >= 11 is 5.26. The van der Waals surface area contributed by atoms with E-state index in [9.17, 15) is 14.4 Å². The monoisotopic (exact) mass is 298 g/mol. The first-order chi connectivity index (χ1) is 9.52. The molecule has 0 aromatic heterocycles. The lowest BCUT2D eigenvalue weighted by molar-refractivity contribution is -0.141. The minimum absolute atomic E-state index is 0.172. The fraction of sp³-hybridized carbons (Fsp3) is 0.308. The van der Waals surface area contributed by atoms with E-state index in [4.69, 9.17) is 16.7 Å². The van der Waals surface area contributed by atoms with E-state index in [1.165, 1.54) is 0 Å². The van der Waals surface area contributed by atoms with E-state index in [0.29, 0.717) is 0 Å². The Morgan fingerprint density at radius 1 is 1.15 bits per heavy atom. The van der Waals surface area contributed by atoms with Crippen LogP contribution < -0.4 is 10.6 Å². The van der Waals surface area contributed by atoms with Gasteiger partial charge in [-0.15, -0.1) is 11.6 Å². The molecule has 1 atom stereocenters. The Hall–Kier alpha value is -2.08. The number of halogens is 1. The molecular formula is C13H15ClN2O4. The van der Waals surface area contributed by atoms with Gasteiger partial charge in [0.05, 0.1) is 6.54 Å². The Morgan fingerprint density at radius 3 is 2.35 bits per heavy atom. The van der Waals surface area contributed by atoms with E-state index in [1.54, 1.807) is 24.3 Å². The number of rotatable bonds is 7. The van der Waals surface area contributed by atoms with Crippen molar-refractivity contribution in [3.8, 4) is 0 Å². The van der Waals surface area contributed by atoms with Crippen molar-refractivity contribution in [1.29, 1.82) is 0 Å². The summed E-state index contributed by atoms with van der Waals surface area (Å²) < 4.78 is 0. The molecule has 3 N–H and O–H groups in total. The highest BCUT2D eigenvalue weighted by molar-refractivity contribution is 6.27. The molecule has 108 valence electrons. The Kier molecular flexibility index (Phi) is 6.52. The molecule has 2 amide bonds. The van der Waals surface area contributed by atoms with Gasteiger partial charge in [0.25, 0.3) is 0 Å². The number of carbonyl (C=O) groups excluding carboxylic acids is 2. The zero-order valence-corrected chi connectivity index (χ0v) is 11.4. The number of alkyl halides is 1. The normalized spacial score (nSPS) is 11.4. The highest BCUT2D eigenvalue weighted by Crippen LogP contribution is 2.03. The summed E-state index contributed by atoms with van der Waals surface area (Å²) in [7, 11) is 0. The topological polar surface area (TPSA) is 95.5 Å². The first kappa shape index (κ1) is 16.0. The predicted molar refractivity (Wildman–Crippen MR) is 73.4 cm³/mol. The molecule has 6 nitrogen and oxygen atoms in total. The van der Waals surface area contributed by atoms with E-state index in [2.05, 4.69) is 10.6 Å². The molecule has 0 aliphatic heterocycles. The van der Waals surface area contributed by atoms with Crippen LogP contribution in [0.2, 0.25) is 0 Å². The minimum atomic E-state index is -1.13. The maximum Gasteiger partial charge on any atom is 0.326 e. The Balaban J connectivity index is 2.53. The molecule has 1 rings (SSSR count). The van der Waals surface area contributed by atoms with Crippen molar-refractivity contribution in [2.75, 3.05) is 12.4 Å². The number of hydrogen-bond acceptors (Lipinski definition) is 3. The van der Waals surface area contributed by atoms with Crippen LogP contribution in [0.1, 0.15) is 5.56 Å². The summed E-state index contributed by atoms with van der Waals surface area (Å²) in [6, 6.07) is 7.90. The number of nitrogens with one attached hydrogen (secondary N) is 2. The molecular weight excluding hydrogens is 284 g/mol. The number of carboxylic acid groups (broad SMARTS) is 1. The van der Waals surface area contributed by atoms with E-state index in [-0.39, 0.29) is 18.8 Å². The summed E-state index contributed by atoms with van der Waals surface area (Å²) in [6.45, 7) is -0.301. The molecule has 0 aliphatic rings. The van der Waals surface area contributed by atoms with Gasteiger partial charge in [-0.1, -0.05) is 30.3 Å². The molecule has 0 spiro atoms. The van der Waals surface area contributed by atoms with E-state index in [0.717, 1.165) is 5.56 Å². The fourth-order valence-corrected chi connectivity index (χ4v) is 1.62. The third kappa shape index (κ3) is 5.71. The number of aliphatic carboxylic acids is 1. The third-order valence-electron chi connectivity index (χ3n) is 2.48. The van der Waals surface area contributed by atoms with Gasteiger partial charge in [-0.25, -0.2) is 4.79 Å². The highest BCUT2D eigenvalue weighted by atomic mass is 35.5. The standard InChI is InChI=1S/C13H15ClN2O4/c14-7-11(17)15-8-12(18)16-10(13(19)20)6-9-4-2-1-3-5-9/h1-5,10H,6-8H2,(H,15,17)(H,16,18)(H,19,20)/t10-/m0/s1. The molecule has 0 fully saturated rings. The van der Waals surface area contributed by atoms with Crippen molar-refractivity contribution in [2.24, 2.45) is 0 Å². The highest BCUT2D eigenvalue weighted by Gasteiger charge is 2.20. The van der Waals surface area contributed by atoms with Crippen LogP contribution in [0.15, 0.2) is 30.3 Å². The molecule has 0 saturated carbocycles. The van der Waals surface area contributed by atoms with Gasteiger partial charge in [0.15, 0.2) is 0 Å². The van der Waals surface area contributed by atoms with Crippen LogP contribution in [0.25, 0.3) is 0 Å². The molecule has 0 aliphatic carbocycles. The summed E-state index contributed by atoms with van der Waals surface area (Å²) in [6.07, 6.45) is 0.172. The second-order valence-corrected chi connectivity index (χ2v) is 4.33. The molecule has 20 heavy (non-hydrogen) atoms. The lowest BCUT2D eigenvalue weighted by atomic mass is 10.1. The summed E-state index contributed by atoms with van der Waals surface area (Å²) in [5.74, 6) is -2.45. The second-order valence-electron chi connectivity index (χ2n) is 4.06. The summed E-state index contributed by atoms with van der Waals surface area (Å²) in [5.41, 5.74) is 0.796. The van der Waals surface area contributed by atoms with Gasteiger partial charge in [-0.3, -0.25) is 9.59 Å². The van der Waals surface area contributed by atoms with Crippen LogP contribution in [0.3, 0.4) is 0 Å². The van der Waals surface area contributed by atoms with Gasteiger partial charge >= 0.3 is 5.97 Å². The molecule has 0 radical (unpaired) electrons. The van der Waals surface area contributed by atoms with Gasteiger partial charge < -0.3 is 15.7 Å². The molecule has 0 saturated heterocycles. The molecule has 0 unspecified atom stereocenters. The second kappa shape index (κ2) is 8.16. The van der Waals surface area contributed by atoms with Crippen molar-refractivity contribution in [3.63, 3.8) is 0 Å². The summed E-state index contributed by atoms with van der Waals surface area (Å²) in [5, 5.41) is 13.7. The van der Waals surface area contributed by atoms with Crippen LogP contribution >= 0.6 is 11.6 Å². The van der Waals surface area contributed by atoms with E-state index < -0.39 is 23.8 Å². The van der Waals surface area contributed by atoms with Gasteiger partial charge in [0.2, 0.25) is 11.8 Å². The van der Waals surface area contributed by atoms with Crippen molar-refractivity contribution in [1.82, 2.24) is 10.6 Å². The Morgan fingerprint density at radius 2 is 1.80 bits per heavy atom. The van der Waals surface area contributed by atoms with Crippen LogP contribution in [-0.2, 0) is 20.8 Å². The number of carbonyl (C=O) groups is 3. The van der Waals surface area contributed by atoms with Crippen LogP contribution in [0.5, 0.6) is 0 Å². The molecule has 1 aromatic carbocycles. The fourth-order valence-electron chi connectivity index (χ4n) is 1.52. The van der Waals surface area contributed by atoms with Crippen LogP contribution in [0, 0.1) is 0 Å². The number of hydrogen-bond donors (Lipinski definition) is 3.